The van der Waals surface area contributed by atoms with Gasteiger partial charge in [-0.1, -0.05) is 0 Å². The Balaban J connectivity index is 1.74. The number of nitrogens with zero attached hydrogens (tertiary/aromatic N) is 2. The van der Waals surface area contributed by atoms with Crippen molar-refractivity contribution < 1.29 is 17.6 Å². The highest BCUT2D eigenvalue weighted by atomic mass is 32.2. The van der Waals surface area contributed by atoms with E-state index in [0.29, 0.717) is 5.01 Å². The number of benzene rings is 1. The van der Waals surface area contributed by atoms with Crippen molar-refractivity contribution in [1.82, 2.24) is 15.3 Å². The summed E-state index contributed by atoms with van der Waals surface area (Å²) in [6.07, 6.45) is 4.29. The van der Waals surface area contributed by atoms with Crippen molar-refractivity contribution in [3.05, 3.63) is 64.5 Å². The molecule has 2 aromatic heterocycles. The summed E-state index contributed by atoms with van der Waals surface area (Å²) >= 11 is 1.40. The normalized spacial score (nSPS) is 12.4. The van der Waals surface area contributed by atoms with E-state index in [0.717, 1.165) is 29.6 Å². The molecule has 0 fully saturated rings. The molecule has 0 bridgehead atoms. The van der Waals surface area contributed by atoms with Gasteiger partial charge in [0.15, 0.2) is 0 Å². The van der Waals surface area contributed by atoms with Gasteiger partial charge >= 0.3 is 0 Å². The Hall–Kier alpha value is -2.85. The molecule has 0 saturated carbocycles. The summed E-state index contributed by atoms with van der Waals surface area (Å²) < 4.78 is 38.5. The number of anilines is 1. The van der Waals surface area contributed by atoms with Gasteiger partial charge in [-0.3, -0.25) is 14.5 Å². The summed E-state index contributed by atoms with van der Waals surface area (Å²) in [5.74, 6) is -1.24. The lowest BCUT2D eigenvalue weighted by atomic mass is 10.1. The van der Waals surface area contributed by atoms with E-state index < -0.39 is 21.7 Å². The minimum absolute atomic E-state index is 0.128. The number of hydrogen-bond donors (Lipinski definition) is 2. The zero-order chi connectivity index (χ0) is 20.3. The van der Waals surface area contributed by atoms with Crippen molar-refractivity contribution in [1.29, 1.82) is 0 Å². The first kappa shape index (κ1) is 19.9. The Morgan fingerprint density at radius 1 is 1.29 bits per heavy atom. The molecule has 7 nitrogen and oxygen atoms in total. The van der Waals surface area contributed by atoms with E-state index in [1.165, 1.54) is 17.4 Å². The minimum Gasteiger partial charge on any atom is -0.343 e. The topological polar surface area (TPSA) is 101 Å². The van der Waals surface area contributed by atoms with Gasteiger partial charge in [-0.25, -0.2) is 17.8 Å². The molecule has 0 radical (unpaired) electrons. The number of thiazole rings is 1. The van der Waals surface area contributed by atoms with Gasteiger partial charge in [-0.05, 0) is 37.3 Å². The van der Waals surface area contributed by atoms with Crippen LogP contribution in [0.3, 0.4) is 0 Å². The highest BCUT2D eigenvalue weighted by Gasteiger charge is 2.17. The van der Waals surface area contributed by atoms with Crippen LogP contribution in [0, 0.1) is 5.82 Å². The van der Waals surface area contributed by atoms with E-state index in [2.05, 4.69) is 20.0 Å². The lowest BCUT2D eigenvalue weighted by Gasteiger charge is -2.12. The summed E-state index contributed by atoms with van der Waals surface area (Å²) in [6.45, 7) is 1.78. The number of pyridine rings is 1. The number of carbonyl (C=O) groups is 1. The first-order chi connectivity index (χ1) is 13.2. The molecule has 1 aromatic carbocycles. The van der Waals surface area contributed by atoms with Gasteiger partial charge in [0.1, 0.15) is 10.8 Å². The monoisotopic (exact) mass is 420 g/mol. The van der Waals surface area contributed by atoms with E-state index in [-0.39, 0.29) is 17.3 Å². The molecule has 2 N–H and O–H groups in total. The fraction of sp³-hybridized carbons (Fsp3) is 0.167. The molecule has 0 spiro atoms. The Morgan fingerprint density at radius 2 is 2.07 bits per heavy atom. The summed E-state index contributed by atoms with van der Waals surface area (Å²) in [6, 6.07) is 6.80. The van der Waals surface area contributed by atoms with Gasteiger partial charge in [0.25, 0.3) is 5.91 Å². The van der Waals surface area contributed by atoms with Crippen LogP contribution in [0.5, 0.6) is 0 Å². The third-order valence-electron chi connectivity index (χ3n) is 3.72. The summed E-state index contributed by atoms with van der Waals surface area (Å²) in [4.78, 5) is 21.1. The summed E-state index contributed by atoms with van der Waals surface area (Å²) in [5, 5.41) is 5.35. The van der Waals surface area contributed by atoms with Gasteiger partial charge in [-0.15, -0.1) is 11.3 Å². The van der Waals surface area contributed by atoms with Crippen molar-refractivity contribution in [2.24, 2.45) is 0 Å². The van der Waals surface area contributed by atoms with Crippen LogP contribution in [0.4, 0.5) is 10.1 Å². The molecule has 1 unspecified atom stereocenters. The maximum absolute atomic E-state index is 13.8. The number of aromatic nitrogens is 2. The minimum atomic E-state index is -3.67. The largest absolute Gasteiger partial charge is 0.343 e. The highest BCUT2D eigenvalue weighted by molar-refractivity contribution is 7.92. The van der Waals surface area contributed by atoms with Crippen molar-refractivity contribution in [2.75, 3.05) is 11.0 Å². The van der Waals surface area contributed by atoms with Crippen LogP contribution in [0.25, 0.3) is 11.3 Å². The lowest BCUT2D eigenvalue weighted by Crippen LogP contribution is -2.26. The summed E-state index contributed by atoms with van der Waals surface area (Å²) in [7, 11) is -3.67. The van der Waals surface area contributed by atoms with Crippen LogP contribution in [0.15, 0.2) is 48.1 Å². The van der Waals surface area contributed by atoms with Crippen LogP contribution < -0.4 is 10.0 Å². The number of hydrogen-bond acceptors (Lipinski definition) is 6. The maximum atomic E-state index is 13.8. The number of halogens is 1. The molecule has 2 heterocycles. The molecule has 1 atom stereocenters. The third-order valence-corrected chi connectivity index (χ3v) is 5.34. The van der Waals surface area contributed by atoms with E-state index >= 15 is 0 Å². The maximum Gasteiger partial charge on any atom is 0.251 e. The molecule has 146 valence electrons. The fourth-order valence-electron chi connectivity index (χ4n) is 2.42. The van der Waals surface area contributed by atoms with Crippen LogP contribution in [-0.4, -0.2) is 30.5 Å². The Kier molecular flexibility index (Phi) is 5.71. The first-order valence-electron chi connectivity index (χ1n) is 8.17. The quantitative estimate of drug-likeness (QED) is 0.638. The van der Waals surface area contributed by atoms with E-state index in [9.17, 15) is 17.6 Å². The molecule has 28 heavy (non-hydrogen) atoms. The highest BCUT2D eigenvalue weighted by Crippen LogP contribution is 2.25. The average molecular weight is 420 g/mol. The van der Waals surface area contributed by atoms with E-state index in [1.807, 2.05) is 17.5 Å². The Bertz CT molecular complexity index is 1100. The predicted molar refractivity (Wildman–Crippen MR) is 106 cm³/mol. The third kappa shape index (κ3) is 4.90. The fourth-order valence-corrected chi connectivity index (χ4v) is 3.81. The number of nitrogens with one attached hydrogen (secondary N) is 2. The van der Waals surface area contributed by atoms with E-state index in [1.54, 1.807) is 19.3 Å². The smallest absolute Gasteiger partial charge is 0.251 e. The van der Waals surface area contributed by atoms with Gasteiger partial charge in [0.2, 0.25) is 10.0 Å². The Morgan fingerprint density at radius 3 is 2.75 bits per heavy atom. The van der Waals surface area contributed by atoms with Gasteiger partial charge in [-0.2, -0.15) is 0 Å². The molecule has 3 aromatic rings. The molecule has 1 amide bonds. The van der Waals surface area contributed by atoms with Crippen LogP contribution in [-0.2, 0) is 10.0 Å². The van der Waals surface area contributed by atoms with Crippen molar-refractivity contribution in [2.45, 2.75) is 13.0 Å². The number of sulfonamides is 1. The molecule has 3 rings (SSSR count). The molecule has 0 aliphatic carbocycles. The Labute approximate surface area is 165 Å². The molecule has 0 saturated heterocycles. The van der Waals surface area contributed by atoms with Crippen LogP contribution in [0.1, 0.15) is 28.3 Å². The molecular weight excluding hydrogens is 403 g/mol. The van der Waals surface area contributed by atoms with E-state index in [4.69, 9.17) is 0 Å². The van der Waals surface area contributed by atoms with Crippen LogP contribution in [0.2, 0.25) is 0 Å². The van der Waals surface area contributed by atoms with Gasteiger partial charge in [0, 0.05) is 28.9 Å². The molecule has 0 aliphatic heterocycles. The lowest BCUT2D eigenvalue weighted by molar-refractivity contribution is 0.0940. The molecular formula is C18H17FN4O3S2. The number of carbonyl (C=O) groups excluding carboxylic acids is 1. The summed E-state index contributed by atoms with van der Waals surface area (Å²) in [5.41, 5.74) is 1.48. The number of amides is 1. The SMILES string of the molecule is CC(NC(=O)c1ccc(F)c(NS(C)(=O)=O)c1)c1nc(-c2cccnc2)cs1. The molecule has 0 aliphatic rings. The zero-order valence-corrected chi connectivity index (χ0v) is 16.6. The van der Waals surface area contributed by atoms with Crippen molar-refractivity contribution >= 4 is 33.0 Å². The van der Waals surface area contributed by atoms with Crippen molar-refractivity contribution in [3.63, 3.8) is 0 Å². The van der Waals surface area contributed by atoms with Crippen LogP contribution >= 0.6 is 11.3 Å². The van der Waals surface area contributed by atoms with Gasteiger partial charge in [0.05, 0.1) is 23.7 Å². The van der Waals surface area contributed by atoms with Crippen molar-refractivity contribution in [3.8, 4) is 11.3 Å². The second kappa shape index (κ2) is 8.03. The molecule has 10 heteroatoms. The van der Waals surface area contributed by atoms with Gasteiger partial charge < -0.3 is 5.32 Å². The standard InChI is InChI=1S/C18H17FN4O3S2/c1-11(18-22-16(10-27-18)13-4-3-7-20-9-13)21-17(24)12-5-6-14(19)15(8-12)23-28(2,25)26/h3-11,23H,1-2H3,(H,21,24). The number of rotatable bonds is 6. The second-order valence-electron chi connectivity index (χ2n) is 6.08. The average Bonchev–Trinajstić information content (AvgIpc) is 3.13. The second-order valence-corrected chi connectivity index (χ2v) is 8.71. The zero-order valence-electron chi connectivity index (χ0n) is 15.0. The predicted octanol–water partition coefficient (Wildman–Crippen LogP) is 3.21. The first-order valence-corrected chi connectivity index (χ1v) is 10.9.